The summed E-state index contributed by atoms with van der Waals surface area (Å²) in [6, 6.07) is 9.64. The van der Waals surface area contributed by atoms with Gasteiger partial charge in [-0.2, -0.15) is 0 Å². The summed E-state index contributed by atoms with van der Waals surface area (Å²) >= 11 is 0. The zero-order valence-electron chi connectivity index (χ0n) is 9.89. The Morgan fingerprint density at radius 3 is 2.76 bits per heavy atom. The minimum atomic E-state index is -0.374. The van der Waals surface area contributed by atoms with Crippen LogP contribution in [0, 0.1) is 0 Å². The van der Waals surface area contributed by atoms with Crippen LogP contribution in [0.1, 0.15) is 31.4 Å². The molecule has 0 aromatic heterocycles. The Morgan fingerprint density at radius 2 is 2.06 bits per heavy atom. The molecule has 0 saturated carbocycles. The predicted octanol–water partition coefficient (Wildman–Crippen LogP) is 2.99. The van der Waals surface area contributed by atoms with Gasteiger partial charge in [0.1, 0.15) is 5.76 Å². The van der Waals surface area contributed by atoms with Crippen molar-refractivity contribution in [1.82, 2.24) is 0 Å². The molecule has 1 aromatic rings. The molecule has 0 aliphatic carbocycles. The topological polar surface area (TPSA) is 35.5 Å². The van der Waals surface area contributed by atoms with Crippen LogP contribution in [0.3, 0.4) is 0 Å². The molecule has 0 radical (unpaired) electrons. The van der Waals surface area contributed by atoms with Crippen molar-refractivity contribution < 1.29 is 14.3 Å². The average Bonchev–Trinajstić information content (AvgIpc) is 2.72. The van der Waals surface area contributed by atoms with Gasteiger partial charge >= 0.3 is 5.97 Å². The summed E-state index contributed by atoms with van der Waals surface area (Å²) in [5, 5.41) is 0. The molecule has 1 aliphatic heterocycles. The van der Waals surface area contributed by atoms with E-state index in [9.17, 15) is 4.79 Å². The largest absolute Gasteiger partial charge is 0.493 e. The Bertz CT molecular complexity index is 409. The second-order valence-electron chi connectivity index (χ2n) is 3.98. The maximum absolute atomic E-state index is 11.3. The zero-order chi connectivity index (χ0) is 12.1. The Balaban J connectivity index is 2.07. The third-order valence-corrected chi connectivity index (χ3v) is 2.62. The van der Waals surface area contributed by atoms with Crippen LogP contribution >= 0.6 is 0 Å². The first-order valence-corrected chi connectivity index (χ1v) is 5.91. The molecule has 1 unspecified atom stereocenters. The van der Waals surface area contributed by atoms with Crippen molar-refractivity contribution in [2.24, 2.45) is 0 Å². The highest BCUT2D eigenvalue weighted by atomic mass is 16.6. The molecule has 2 rings (SSSR count). The SMILES string of the molecule is CCCCOC1=CC(=O)OC1c1ccccc1. The lowest BCUT2D eigenvalue weighted by Crippen LogP contribution is -2.06. The van der Waals surface area contributed by atoms with Crippen LogP contribution in [0.25, 0.3) is 0 Å². The molecule has 90 valence electrons. The first-order chi connectivity index (χ1) is 8.31. The van der Waals surface area contributed by atoms with E-state index >= 15 is 0 Å². The minimum absolute atomic E-state index is 0.328. The number of hydrogen-bond acceptors (Lipinski definition) is 3. The molecule has 0 spiro atoms. The second kappa shape index (κ2) is 5.53. The number of carbonyl (C=O) groups excluding carboxylic acids is 1. The first kappa shape index (κ1) is 11.7. The predicted molar refractivity (Wildman–Crippen MR) is 64.2 cm³/mol. The maximum Gasteiger partial charge on any atom is 0.335 e. The minimum Gasteiger partial charge on any atom is -0.493 e. The van der Waals surface area contributed by atoms with E-state index in [1.54, 1.807) is 0 Å². The highest BCUT2D eigenvalue weighted by Crippen LogP contribution is 2.31. The standard InChI is InChI=1S/C14H16O3/c1-2-3-9-16-12-10-13(15)17-14(12)11-7-5-4-6-8-11/h4-8,10,14H,2-3,9H2,1H3. The van der Waals surface area contributed by atoms with E-state index in [0.717, 1.165) is 18.4 Å². The van der Waals surface area contributed by atoms with Gasteiger partial charge in [-0.1, -0.05) is 43.7 Å². The Hall–Kier alpha value is -1.77. The molecule has 0 amide bonds. The number of ether oxygens (including phenoxy) is 2. The fourth-order valence-corrected chi connectivity index (χ4v) is 1.71. The van der Waals surface area contributed by atoms with Gasteiger partial charge in [0.15, 0.2) is 6.10 Å². The molecule has 3 nitrogen and oxygen atoms in total. The molecular formula is C14H16O3. The van der Waals surface area contributed by atoms with E-state index in [4.69, 9.17) is 9.47 Å². The number of cyclic esters (lactones) is 1. The molecule has 1 aromatic carbocycles. The quantitative estimate of drug-likeness (QED) is 0.578. The summed E-state index contributed by atoms with van der Waals surface area (Å²) in [7, 11) is 0. The van der Waals surface area contributed by atoms with Crippen LogP contribution in [-0.2, 0) is 14.3 Å². The summed E-state index contributed by atoms with van der Waals surface area (Å²) in [4.78, 5) is 11.3. The van der Waals surface area contributed by atoms with E-state index in [1.165, 1.54) is 6.08 Å². The lowest BCUT2D eigenvalue weighted by atomic mass is 10.1. The van der Waals surface area contributed by atoms with Gasteiger partial charge in [-0.05, 0) is 6.42 Å². The molecule has 1 atom stereocenters. The Labute approximate surface area is 101 Å². The summed E-state index contributed by atoms with van der Waals surface area (Å²) in [5.74, 6) is 0.292. The molecule has 3 heteroatoms. The van der Waals surface area contributed by atoms with Gasteiger partial charge in [-0.15, -0.1) is 0 Å². The number of benzene rings is 1. The number of unbranched alkanes of at least 4 members (excludes halogenated alkanes) is 1. The Kier molecular flexibility index (Phi) is 3.81. The molecule has 1 aliphatic rings. The molecule has 1 heterocycles. The van der Waals surface area contributed by atoms with Crippen LogP contribution in [0.15, 0.2) is 42.2 Å². The monoisotopic (exact) mass is 232 g/mol. The average molecular weight is 232 g/mol. The normalized spacial score (nSPS) is 18.8. The van der Waals surface area contributed by atoms with E-state index in [-0.39, 0.29) is 12.1 Å². The molecule has 0 fully saturated rings. The van der Waals surface area contributed by atoms with Gasteiger partial charge < -0.3 is 9.47 Å². The van der Waals surface area contributed by atoms with Gasteiger partial charge in [0, 0.05) is 5.56 Å². The summed E-state index contributed by atoms with van der Waals surface area (Å²) < 4.78 is 10.8. The lowest BCUT2D eigenvalue weighted by molar-refractivity contribution is -0.139. The number of rotatable bonds is 5. The van der Waals surface area contributed by atoms with E-state index in [1.807, 2.05) is 30.3 Å². The van der Waals surface area contributed by atoms with E-state index in [2.05, 4.69) is 6.92 Å². The molecule has 0 N–H and O–H groups in total. The summed E-state index contributed by atoms with van der Waals surface area (Å²) in [5.41, 5.74) is 0.945. The molecule has 0 saturated heterocycles. The fraction of sp³-hybridized carbons (Fsp3) is 0.357. The number of hydrogen-bond donors (Lipinski definition) is 0. The van der Waals surface area contributed by atoms with Crippen LogP contribution in [0.2, 0.25) is 0 Å². The fourth-order valence-electron chi connectivity index (χ4n) is 1.71. The highest BCUT2D eigenvalue weighted by molar-refractivity contribution is 5.85. The van der Waals surface area contributed by atoms with Crippen molar-refractivity contribution in [3.63, 3.8) is 0 Å². The number of esters is 1. The van der Waals surface area contributed by atoms with Crippen LogP contribution in [-0.4, -0.2) is 12.6 Å². The third-order valence-electron chi connectivity index (χ3n) is 2.62. The molecule has 0 bridgehead atoms. The first-order valence-electron chi connectivity index (χ1n) is 5.91. The van der Waals surface area contributed by atoms with E-state index < -0.39 is 0 Å². The molecular weight excluding hydrogens is 216 g/mol. The maximum atomic E-state index is 11.3. The van der Waals surface area contributed by atoms with Crippen molar-refractivity contribution in [2.45, 2.75) is 25.9 Å². The van der Waals surface area contributed by atoms with Crippen molar-refractivity contribution in [1.29, 1.82) is 0 Å². The Morgan fingerprint density at radius 1 is 1.29 bits per heavy atom. The van der Waals surface area contributed by atoms with Crippen molar-refractivity contribution in [3.8, 4) is 0 Å². The zero-order valence-corrected chi connectivity index (χ0v) is 9.89. The van der Waals surface area contributed by atoms with E-state index in [0.29, 0.717) is 12.4 Å². The van der Waals surface area contributed by atoms with Crippen LogP contribution in [0.4, 0.5) is 0 Å². The van der Waals surface area contributed by atoms with Crippen LogP contribution in [0.5, 0.6) is 0 Å². The smallest absolute Gasteiger partial charge is 0.335 e. The van der Waals surface area contributed by atoms with Gasteiger partial charge in [0.25, 0.3) is 0 Å². The van der Waals surface area contributed by atoms with Gasteiger partial charge in [-0.3, -0.25) is 0 Å². The van der Waals surface area contributed by atoms with Crippen molar-refractivity contribution in [3.05, 3.63) is 47.7 Å². The second-order valence-corrected chi connectivity index (χ2v) is 3.98. The number of carbonyl (C=O) groups is 1. The van der Waals surface area contributed by atoms with Crippen LogP contribution < -0.4 is 0 Å². The van der Waals surface area contributed by atoms with Crippen molar-refractivity contribution >= 4 is 5.97 Å². The van der Waals surface area contributed by atoms with Crippen molar-refractivity contribution in [2.75, 3.05) is 6.61 Å². The summed E-state index contributed by atoms with van der Waals surface area (Å²) in [6.07, 6.45) is 3.11. The lowest BCUT2D eigenvalue weighted by Gasteiger charge is -2.15. The summed E-state index contributed by atoms with van der Waals surface area (Å²) in [6.45, 7) is 2.73. The van der Waals surface area contributed by atoms with Gasteiger partial charge in [0.05, 0.1) is 12.7 Å². The molecule has 17 heavy (non-hydrogen) atoms. The third kappa shape index (κ3) is 2.87. The highest BCUT2D eigenvalue weighted by Gasteiger charge is 2.29. The van der Waals surface area contributed by atoms with Gasteiger partial charge in [-0.25, -0.2) is 4.79 Å². The van der Waals surface area contributed by atoms with Gasteiger partial charge in [0.2, 0.25) is 0 Å².